The van der Waals surface area contributed by atoms with Crippen molar-refractivity contribution >= 4 is 38.3 Å². The summed E-state index contributed by atoms with van der Waals surface area (Å²) >= 11 is 1.64. The lowest BCUT2D eigenvalue weighted by atomic mass is 10.1. The Hall–Kier alpha value is -2.40. The minimum atomic E-state index is -0.0314. The van der Waals surface area contributed by atoms with E-state index in [1.54, 1.807) is 11.3 Å². The number of likely N-dealkylation sites (N-methyl/N-ethyl adjacent to an activating group) is 1. The molecule has 0 aliphatic rings. The van der Waals surface area contributed by atoms with Gasteiger partial charge in [-0.25, -0.2) is 4.98 Å². The van der Waals surface area contributed by atoms with Crippen LogP contribution in [0.15, 0.2) is 36.4 Å². The maximum Gasteiger partial charge on any atom is 0.243 e. The van der Waals surface area contributed by atoms with Gasteiger partial charge in [0, 0.05) is 12.7 Å². The Morgan fingerprint density at radius 1 is 1.16 bits per heavy atom. The quantitative estimate of drug-likeness (QED) is 0.732. The minimum absolute atomic E-state index is 0.0314. The van der Waals surface area contributed by atoms with Crippen LogP contribution in [-0.2, 0) is 11.2 Å². The van der Waals surface area contributed by atoms with Crippen LogP contribution in [0.1, 0.15) is 23.6 Å². The first-order chi connectivity index (χ1) is 12.0. The molecular formula is C20H23N3OS. The summed E-state index contributed by atoms with van der Waals surface area (Å²) in [5, 5.41) is 3.88. The number of hydrogen-bond acceptors (Lipinski definition) is 4. The van der Waals surface area contributed by atoms with Gasteiger partial charge in [0.2, 0.25) is 5.91 Å². The molecule has 25 heavy (non-hydrogen) atoms. The lowest BCUT2D eigenvalue weighted by Gasteiger charge is -2.16. The molecule has 0 radical (unpaired) electrons. The summed E-state index contributed by atoms with van der Waals surface area (Å²) < 4.78 is 1.19. The first kappa shape index (κ1) is 17.4. The molecule has 130 valence electrons. The van der Waals surface area contributed by atoms with Gasteiger partial charge < -0.3 is 10.2 Å². The number of benzene rings is 2. The molecule has 3 rings (SSSR count). The van der Waals surface area contributed by atoms with E-state index in [0.717, 1.165) is 33.9 Å². The van der Waals surface area contributed by atoms with Gasteiger partial charge in [-0.15, -0.1) is 0 Å². The first-order valence-electron chi connectivity index (χ1n) is 8.45. The first-order valence-corrected chi connectivity index (χ1v) is 9.27. The predicted octanol–water partition coefficient (Wildman–Crippen LogP) is 4.55. The van der Waals surface area contributed by atoms with Gasteiger partial charge in [-0.05, 0) is 43.0 Å². The highest BCUT2D eigenvalue weighted by Crippen LogP contribution is 2.32. The molecule has 0 aliphatic heterocycles. The van der Waals surface area contributed by atoms with Crippen molar-refractivity contribution < 1.29 is 4.79 Å². The van der Waals surface area contributed by atoms with Gasteiger partial charge in [0.05, 0.1) is 16.8 Å². The molecule has 0 atom stereocenters. The number of amides is 1. The number of carbonyl (C=O) groups excluding carboxylic acids is 1. The number of thiazole rings is 1. The van der Waals surface area contributed by atoms with Crippen LogP contribution < -0.4 is 10.2 Å². The van der Waals surface area contributed by atoms with E-state index >= 15 is 0 Å². The van der Waals surface area contributed by atoms with Crippen molar-refractivity contribution in [1.82, 2.24) is 4.98 Å². The van der Waals surface area contributed by atoms with E-state index in [1.165, 1.54) is 10.3 Å². The number of fused-ring (bicyclic) bond motifs is 1. The Morgan fingerprint density at radius 3 is 2.60 bits per heavy atom. The van der Waals surface area contributed by atoms with E-state index < -0.39 is 0 Å². The van der Waals surface area contributed by atoms with Crippen LogP contribution in [0.2, 0.25) is 0 Å². The molecule has 1 amide bonds. The predicted molar refractivity (Wildman–Crippen MR) is 107 cm³/mol. The van der Waals surface area contributed by atoms with Crippen molar-refractivity contribution in [3.05, 3.63) is 53.1 Å². The summed E-state index contributed by atoms with van der Waals surface area (Å²) in [6.07, 6.45) is 0.892. The number of rotatable bonds is 5. The smallest absolute Gasteiger partial charge is 0.243 e. The maximum atomic E-state index is 12.4. The van der Waals surface area contributed by atoms with Gasteiger partial charge in [-0.3, -0.25) is 4.79 Å². The Balaban J connectivity index is 1.76. The molecule has 0 bridgehead atoms. The summed E-state index contributed by atoms with van der Waals surface area (Å²) in [7, 11) is 1.91. The number of nitrogens with zero attached hydrogens (tertiary/aromatic N) is 2. The van der Waals surface area contributed by atoms with Gasteiger partial charge in [0.25, 0.3) is 0 Å². The number of carbonyl (C=O) groups is 1. The maximum absolute atomic E-state index is 12.4. The number of anilines is 2. The Labute approximate surface area is 152 Å². The zero-order chi connectivity index (χ0) is 18.0. The standard InChI is InChI=1S/C20H23N3OS/c1-5-15-8-6-7-9-16(15)21-17(24)12-23(4)20-22-18-13(2)10-11-14(3)19(18)25-20/h6-11H,5,12H2,1-4H3,(H,21,24). The molecule has 0 aliphatic carbocycles. The summed E-state index contributed by atoms with van der Waals surface area (Å²) in [5.74, 6) is -0.0314. The monoisotopic (exact) mass is 353 g/mol. The molecule has 1 heterocycles. The van der Waals surface area contributed by atoms with Crippen molar-refractivity contribution in [2.45, 2.75) is 27.2 Å². The van der Waals surface area contributed by atoms with Crippen LogP contribution in [0.25, 0.3) is 10.2 Å². The van der Waals surface area contributed by atoms with E-state index in [-0.39, 0.29) is 12.5 Å². The highest BCUT2D eigenvalue weighted by atomic mass is 32.1. The molecule has 0 unspecified atom stereocenters. The highest BCUT2D eigenvalue weighted by Gasteiger charge is 2.15. The number of hydrogen-bond donors (Lipinski definition) is 1. The van der Waals surface area contributed by atoms with Gasteiger partial charge in [-0.2, -0.15) is 0 Å². The Bertz CT molecular complexity index is 877. The van der Waals surface area contributed by atoms with Crippen molar-refractivity contribution in [1.29, 1.82) is 0 Å². The Morgan fingerprint density at radius 2 is 1.88 bits per heavy atom. The molecule has 3 aromatic rings. The fourth-order valence-corrected chi connectivity index (χ4v) is 3.91. The lowest BCUT2D eigenvalue weighted by Crippen LogP contribution is -2.30. The topological polar surface area (TPSA) is 45.2 Å². The SMILES string of the molecule is CCc1ccccc1NC(=O)CN(C)c1nc2c(C)ccc(C)c2s1. The third-order valence-electron chi connectivity index (χ3n) is 4.31. The van der Waals surface area contributed by atoms with Crippen LogP contribution in [-0.4, -0.2) is 24.5 Å². The van der Waals surface area contributed by atoms with Gasteiger partial charge >= 0.3 is 0 Å². The zero-order valence-corrected chi connectivity index (χ0v) is 15.9. The van der Waals surface area contributed by atoms with E-state index in [2.05, 4.69) is 38.2 Å². The fourth-order valence-electron chi connectivity index (χ4n) is 2.83. The molecule has 1 aromatic heterocycles. The van der Waals surface area contributed by atoms with Crippen molar-refractivity contribution in [2.75, 3.05) is 23.8 Å². The summed E-state index contributed by atoms with van der Waals surface area (Å²) in [6, 6.07) is 12.1. The summed E-state index contributed by atoms with van der Waals surface area (Å²) in [6.45, 7) is 6.52. The molecular weight excluding hydrogens is 330 g/mol. The lowest BCUT2D eigenvalue weighted by molar-refractivity contribution is -0.114. The van der Waals surface area contributed by atoms with Crippen LogP contribution in [0.5, 0.6) is 0 Å². The molecule has 1 N–H and O–H groups in total. The molecule has 5 heteroatoms. The third kappa shape index (κ3) is 3.66. The molecule has 4 nitrogen and oxygen atoms in total. The number of nitrogens with one attached hydrogen (secondary N) is 1. The van der Waals surface area contributed by atoms with Crippen molar-refractivity contribution in [2.24, 2.45) is 0 Å². The Kier molecular flexibility index (Phi) is 5.04. The molecule has 2 aromatic carbocycles. The second-order valence-corrected chi connectivity index (χ2v) is 7.27. The van der Waals surface area contributed by atoms with Crippen LogP contribution in [0.4, 0.5) is 10.8 Å². The minimum Gasteiger partial charge on any atom is -0.342 e. The second-order valence-electron chi connectivity index (χ2n) is 6.29. The van der Waals surface area contributed by atoms with Crippen molar-refractivity contribution in [3.8, 4) is 0 Å². The fraction of sp³-hybridized carbons (Fsp3) is 0.300. The highest BCUT2D eigenvalue weighted by molar-refractivity contribution is 7.22. The normalized spacial score (nSPS) is 10.9. The summed E-state index contributed by atoms with van der Waals surface area (Å²) in [5.41, 5.74) is 5.45. The third-order valence-corrected chi connectivity index (χ3v) is 5.62. The van der Waals surface area contributed by atoms with Gasteiger partial charge in [0.1, 0.15) is 0 Å². The van der Waals surface area contributed by atoms with Crippen molar-refractivity contribution in [3.63, 3.8) is 0 Å². The average Bonchev–Trinajstić information content (AvgIpc) is 3.05. The largest absolute Gasteiger partial charge is 0.342 e. The van der Waals surface area contributed by atoms with E-state index in [4.69, 9.17) is 4.98 Å². The van der Waals surface area contributed by atoms with Gasteiger partial charge in [0.15, 0.2) is 5.13 Å². The van der Waals surface area contributed by atoms with Crippen LogP contribution >= 0.6 is 11.3 Å². The average molecular weight is 353 g/mol. The van der Waals surface area contributed by atoms with E-state index in [9.17, 15) is 4.79 Å². The van der Waals surface area contributed by atoms with Gasteiger partial charge in [-0.1, -0.05) is 48.6 Å². The van der Waals surface area contributed by atoms with E-state index in [1.807, 2.05) is 36.2 Å². The molecule has 0 saturated heterocycles. The summed E-state index contributed by atoms with van der Waals surface area (Å²) in [4.78, 5) is 19.1. The molecule has 0 saturated carbocycles. The molecule has 0 spiro atoms. The zero-order valence-electron chi connectivity index (χ0n) is 15.1. The number of aryl methyl sites for hydroxylation is 3. The second kappa shape index (κ2) is 7.23. The number of aromatic nitrogens is 1. The van der Waals surface area contributed by atoms with Crippen LogP contribution in [0.3, 0.4) is 0 Å². The van der Waals surface area contributed by atoms with Crippen LogP contribution in [0, 0.1) is 13.8 Å². The van der Waals surface area contributed by atoms with E-state index in [0.29, 0.717) is 0 Å². The molecule has 0 fully saturated rings. The number of para-hydroxylation sites is 1.